The first kappa shape index (κ1) is 29.3. The summed E-state index contributed by atoms with van der Waals surface area (Å²) in [6, 6.07) is 12.2. The fraction of sp³-hybridized carbons (Fsp3) is 0.355. The van der Waals surface area contributed by atoms with Crippen LogP contribution in [0.25, 0.3) is 18.2 Å². The van der Waals surface area contributed by atoms with Crippen LogP contribution in [-0.2, 0) is 13.7 Å². The summed E-state index contributed by atoms with van der Waals surface area (Å²) >= 11 is 4.05. The fourth-order valence-corrected chi connectivity index (χ4v) is 4.15. The van der Waals surface area contributed by atoms with Gasteiger partial charge in [-0.15, -0.1) is 0 Å². The monoisotopic (exact) mass is 538 g/mol. The quantitative estimate of drug-likeness (QED) is 0.171. The van der Waals surface area contributed by atoms with E-state index in [-0.39, 0.29) is 18.3 Å². The Morgan fingerprint density at radius 1 is 0.737 bits per heavy atom. The molecule has 0 radical (unpaired) electrons. The molecule has 0 N–H and O–H groups in total. The third-order valence-electron chi connectivity index (χ3n) is 5.71. The minimum atomic E-state index is -0.309. The highest BCUT2D eigenvalue weighted by atomic mass is 32.1. The first-order chi connectivity index (χ1) is 18.3. The highest BCUT2D eigenvalue weighted by molar-refractivity contribution is 7.75. The van der Waals surface area contributed by atoms with E-state index in [0.29, 0.717) is 35.2 Å². The van der Waals surface area contributed by atoms with Crippen LogP contribution in [-0.4, -0.2) is 39.6 Å². The van der Waals surface area contributed by atoms with Gasteiger partial charge in [0.25, 0.3) is 0 Å². The zero-order valence-corrected chi connectivity index (χ0v) is 24.1. The summed E-state index contributed by atoms with van der Waals surface area (Å²) in [7, 11) is 4.88. The fourth-order valence-electron chi connectivity index (χ4n) is 3.97. The summed E-state index contributed by atoms with van der Waals surface area (Å²) in [4.78, 5) is 0. The smallest absolute Gasteiger partial charge is 0.203 e. The van der Waals surface area contributed by atoms with Crippen LogP contribution in [0.5, 0.6) is 17.2 Å². The standard InChI is InChI=1S/C31H38O6S/c1-20(2)35-30-26(32-5)16-24(17-27(30)33-6)14-12-22-8-10-23(11-9-22)13-15-25-18-28(34-7)31(36-21(3)4)29(19-25)37-38/h8-18,20-21,29,38H,19H2,1-7H3/b14-12+,15-13+. The van der Waals surface area contributed by atoms with E-state index in [4.69, 9.17) is 27.9 Å². The molecule has 0 aliphatic heterocycles. The Kier molecular flexibility index (Phi) is 10.8. The molecule has 0 bridgehead atoms. The maximum Gasteiger partial charge on any atom is 0.203 e. The molecular formula is C31H38O6S. The minimum Gasteiger partial charge on any atom is -0.493 e. The molecule has 2 aromatic rings. The van der Waals surface area contributed by atoms with Gasteiger partial charge in [0.15, 0.2) is 23.0 Å². The molecular weight excluding hydrogens is 500 g/mol. The van der Waals surface area contributed by atoms with Gasteiger partial charge in [0.1, 0.15) is 6.10 Å². The molecule has 38 heavy (non-hydrogen) atoms. The molecule has 1 aliphatic carbocycles. The average molecular weight is 539 g/mol. The van der Waals surface area contributed by atoms with E-state index >= 15 is 0 Å². The summed E-state index contributed by atoms with van der Waals surface area (Å²) in [6.45, 7) is 7.88. The molecule has 204 valence electrons. The highest BCUT2D eigenvalue weighted by Crippen LogP contribution is 2.39. The number of hydrogen-bond donors (Lipinski definition) is 1. The van der Waals surface area contributed by atoms with Crippen LogP contribution in [0.2, 0.25) is 0 Å². The van der Waals surface area contributed by atoms with Gasteiger partial charge < -0.3 is 27.9 Å². The zero-order chi connectivity index (χ0) is 27.7. The molecule has 3 rings (SSSR count). The summed E-state index contributed by atoms with van der Waals surface area (Å²) in [6.07, 6.45) is 10.5. The molecule has 7 heteroatoms. The summed E-state index contributed by atoms with van der Waals surface area (Å²) in [5.74, 6) is 3.20. The maximum atomic E-state index is 5.91. The largest absolute Gasteiger partial charge is 0.493 e. The van der Waals surface area contributed by atoms with Gasteiger partial charge in [0.05, 0.1) is 33.5 Å². The van der Waals surface area contributed by atoms with Crippen molar-refractivity contribution in [2.45, 2.75) is 52.4 Å². The molecule has 0 amide bonds. The Balaban J connectivity index is 1.75. The first-order valence-electron chi connectivity index (χ1n) is 12.6. The van der Waals surface area contributed by atoms with E-state index < -0.39 is 0 Å². The van der Waals surface area contributed by atoms with E-state index in [1.807, 2.05) is 52.0 Å². The predicted octanol–water partition coefficient (Wildman–Crippen LogP) is 7.52. The molecule has 1 aliphatic rings. The molecule has 0 spiro atoms. The molecule has 1 unspecified atom stereocenters. The molecule has 0 saturated heterocycles. The Labute approximate surface area is 232 Å². The zero-order valence-electron chi connectivity index (χ0n) is 23.2. The van der Waals surface area contributed by atoms with Crippen molar-refractivity contribution >= 4 is 31.1 Å². The lowest BCUT2D eigenvalue weighted by Gasteiger charge is -2.26. The number of rotatable bonds is 12. The Morgan fingerprint density at radius 2 is 1.26 bits per heavy atom. The predicted molar refractivity (Wildman–Crippen MR) is 157 cm³/mol. The van der Waals surface area contributed by atoms with E-state index in [9.17, 15) is 0 Å². The van der Waals surface area contributed by atoms with Gasteiger partial charge in [-0.25, -0.2) is 0 Å². The Hall–Kier alpha value is -3.29. The number of benzene rings is 2. The van der Waals surface area contributed by atoms with Gasteiger partial charge in [0.2, 0.25) is 5.75 Å². The van der Waals surface area contributed by atoms with E-state index in [2.05, 4.69) is 55.4 Å². The van der Waals surface area contributed by atoms with E-state index in [1.54, 1.807) is 21.3 Å². The van der Waals surface area contributed by atoms with Crippen molar-refractivity contribution in [3.63, 3.8) is 0 Å². The second-order valence-corrected chi connectivity index (χ2v) is 9.58. The van der Waals surface area contributed by atoms with E-state index in [1.165, 1.54) is 0 Å². The van der Waals surface area contributed by atoms with Crippen LogP contribution in [0.1, 0.15) is 50.8 Å². The Morgan fingerprint density at radius 3 is 1.74 bits per heavy atom. The molecule has 1 atom stereocenters. The maximum absolute atomic E-state index is 5.91. The molecule has 0 saturated carbocycles. The van der Waals surface area contributed by atoms with Crippen molar-refractivity contribution in [1.29, 1.82) is 0 Å². The number of allylic oxidation sites excluding steroid dienone is 2. The lowest BCUT2D eigenvalue weighted by molar-refractivity contribution is 0.0731. The third kappa shape index (κ3) is 7.85. The van der Waals surface area contributed by atoms with Gasteiger partial charge >= 0.3 is 0 Å². The third-order valence-corrected chi connectivity index (χ3v) is 5.97. The van der Waals surface area contributed by atoms with Crippen LogP contribution >= 0.6 is 12.9 Å². The number of methoxy groups -OCH3 is 3. The summed E-state index contributed by atoms with van der Waals surface area (Å²) < 4.78 is 33.8. The van der Waals surface area contributed by atoms with E-state index in [0.717, 1.165) is 22.3 Å². The van der Waals surface area contributed by atoms with Gasteiger partial charge in [-0.05, 0) is 81.1 Å². The second kappa shape index (κ2) is 14.0. The van der Waals surface area contributed by atoms with Crippen LogP contribution in [0.4, 0.5) is 0 Å². The van der Waals surface area contributed by atoms with Crippen LogP contribution < -0.4 is 14.2 Å². The van der Waals surface area contributed by atoms with Crippen LogP contribution in [0.15, 0.2) is 65.6 Å². The highest BCUT2D eigenvalue weighted by Gasteiger charge is 2.27. The van der Waals surface area contributed by atoms with Crippen molar-refractivity contribution in [2.24, 2.45) is 0 Å². The van der Waals surface area contributed by atoms with Crippen molar-refractivity contribution in [2.75, 3.05) is 21.3 Å². The molecule has 0 aromatic heterocycles. The average Bonchev–Trinajstić information content (AvgIpc) is 2.91. The van der Waals surface area contributed by atoms with Gasteiger partial charge in [-0.1, -0.05) is 48.6 Å². The molecule has 0 fully saturated rings. The van der Waals surface area contributed by atoms with Crippen molar-refractivity contribution < 1.29 is 27.9 Å². The van der Waals surface area contributed by atoms with Gasteiger partial charge in [-0.2, -0.15) is 0 Å². The lowest BCUT2D eigenvalue weighted by Crippen LogP contribution is -2.23. The van der Waals surface area contributed by atoms with Gasteiger partial charge in [-0.3, -0.25) is 0 Å². The van der Waals surface area contributed by atoms with Crippen molar-refractivity contribution in [3.8, 4) is 17.2 Å². The number of thiol groups is 1. The first-order valence-corrected chi connectivity index (χ1v) is 13.0. The number of hydrogen-bond acceptors (Lipinski definition) is 7. The van der Waals surface area contributed by atoms with Crippen LogP contribution in [0.3, 0.4) is 0 Å². The van der Waals surface area contributed by atoms with Gasteiger partial charge in [0, 0.05) is 6.42 Å². The normalized spacial score (nSPS) is 15.9. The summed E-state index contributed by atoms with van der Waals surface area (Å²) in [5, 5.41) is 0. The van der Waals surface area contributed by atoms with Crippen molar-refractivity contribution in [1.82, 2.24) is 0 Å². The summed E-state index contributed by atoms with van der Waals surface area (Å²) in [5.41, 5.74) is 4.17. The molecule has 2 aromatic carbocycles. The number of ether oxygens (including phenoxy) is 5. The topological polar surface area (TPSA) is 55.4 Å². The van der Waals surface area contributed by atoms with Crippen LogP contribution in [0, 0.1) is 0 Å². The Bertz CT molecular complexity index is 1170. The van der Waals surface area contributed by atoms with Crippen molar-refractivity contribution in [3.05, 3.63) is 82.3 Å². The minimum absolute atomic E-state index is 0.00812. The second-order valence-electron chi connectivity index (χ2n) is 9.37. The lowest BCUT2D eigenvalue weighted by atomic mass is 9.98. The molecule has 6 nitrogen and oxygen atoms in total. The SMILES string of the molecule is COC1=C(OC(C)C)C(OS)CC(/C=C/c2ccc(/C=C/c3cc(OC)c(OC(C)C)c(OC)c3)cc2)=C1. The molecule has 0 heterocycles.